The third-order valence-corrected chi connectivity index (χ3v) is 4.14. The van der Waals surface area contributed by atoms with Crippen molar-refractivity contribution in [2.45, 2.75) is 59.7 Å². The van der Waals surface area contributed by atoms with Gasteiger partial charge < -0.3 is 16.0 Å². The average Bonchev–Trinajstić information content (AvgIpc) is 2.56. The quantitative estimate of drug-likeness (QED) is 0.215. The van der Waals surface area contributed by atoms with E-state index >= 15 is 0 Å². The Labute approximate surface area is 181 Å². The van der Waals surface area contributed by atoms with Gasteiger partial charge >= 0.3 is 0 Å². The van der Waals surface area contributed by atoms with Crippen molar-refractivity contribution in [3.63, 3.8) is 0 Å². The first-order chi connectivity index (χ1) is 12.3. The summed E-state index contributed by atoms with van der Waals surface area (Å²) in [5.41, 5.74) is 1.90. The molecule has 1 aromatic rings. The standard InChI is InChI=1S/C20H35N5O.HI/c1-15(2)25(16(3)4)12-8-11-22-20(21-6)23-14-18-9-7-10-19(13-18)24-17(5)26;/h7,9-10,13,15-16H,8,11-12,14H2,1-6H3,(H,24,26)(H2,21,22,23);1H. The third kappa shape index (κ3) is 10.5. The van der Waals surface area contributed by atoms with Crippen LogP contribution in [0.3, 0.4) is 0 Å². The number of benzene rings is 1. The van der Waals surface area contributed by atoms with Gasteiger partial charge in [-0.15, -0.1) is 24.0 Å². The van der Waals surface area contributed by atoms with Crippen LogP contribution >= 0.6 is 24.0 Å². The molecule has 0 spiro atoms. The van der Waals surface area contributed by atoms with E-state index in [-0.39, 0.29) is 29.9 Å². The summed E-state index contributed by atoms with van der Waals surface area (Å²) in [6.07, 6.45) is 1.06. The molecule has 27 heavy (non-hydrogen) atoms. The second-order valence-corrected chi connectivity index (χ2v) is 7.01. The summed E-state index contributed by atoms with van der Waals surface area (Å²) in [4.78, 5) is 17.9. The number of halogens is 1. The molecule has 1 aromatic carbocycles. The number of carbonyl (C=O) groups excluding carboxylic acids is 1. The highest BCUT2D eigenvalue weighted by Gasteiger charge is 2.12. The van der Waals surface area contributed by atoms with Crippen molar-refractivity contribution in [2.24, 2.45) is 4.99 Å². The number of carbonyl (C=O) groups is 1. The van der Waals surface area contributed by atoms with Crippen molar-refractivity contribution >= 4 is 41.5 Å². The van der Waals surface area contributed by atoms with Crippen LogP contribution in [0.15, 0.2) is 29.3 Å². The first-order valence-electron chi connectivity index (χ1n) is 9.40. The van der Waals surface area contributed by atoms with E-state index in [4.69, 9.17) is 0 Å². The minimum Gasteiger partial charge on any atom is -0.356 e. The van der Waals surface area contributed by atoms with E-state index < -0.39 is 0 Å². The zero-order chi connectivity index (χ0) is 19.5. The Balaban J connectivity index is 0.00000676. The van der Waals surface area contributed by atoms with Gasteiger partial charge in [0.05, 0.1) is 0 Å². The largest absolute Gasteiger partial charge is 0.356 e. The summed E-state index contributed by atoms with van der Waals surface area (Å²) in [5, 5.41) is 9.47. The number of rotatable bonds is 9. The Kier molecular flexibility index (Phi) is 13.1. The fraction of sp³-hybridized carbons (Fsp3) is 0.600. The average molecular weight is 489 g/mol. The van der Waals surface area contributed by atoms with Crippen molar-refractivity contribution in [3.05, 3.63) is 29.8 Å². The molecule has 0 bridgehead atoms. The topological polar surface area (TPSA) is 68.8 Å². The van der Waals surface area contributed by atoms with E-state index in [1.807, 2.05) is 24.3 Å². The summed E-state index contributed by atoms with van der Waals surface area (Å²) in [6, 6.07) is 8.92. The van der Waals surface area contributed by atoms with Crippen LogP contribution in [0.25, 0.3) is 0 Å². The van der Waals surface area contributed by atoms with Gasteiger partial charge in [-0.2, -0.15) is 0 Å². The molecular weight excluding hydrogens is 453 g/mol. The van der Waals surface area contributed by atoms with Crippen LogP contribution < -0.4 is 16.0 Å². The van der Waals surface area contributed by atoms with Crippen molar-refractivity contribution in [2.75, 3.05) is 25.5 Å². The van der Waals surface area contributed by atoms with E-state index in [0.717, 1.165) is 36.7 Å². The molecule has 1 amide bonds. The first kappa shape index (κ1) is 25.6. The van der Waals surface area contributed by atoms with Gasteiger partial charge in [0.1, 0.15) is 0 Å². The highest BCUT2D eigenvalue weighted by Crippen LogP contribution is 2.10. The van der Waals surface area contributed by atoms with Gasteiger partial charge in [-0.05, 0) is 51.8 Å². The molecule has 0 fully saturated rings. The zero-order valence-electron chi connectivity index (χ0n) is 17.5. The van der Waals surface area contributed by atoms with E-state index in [1.165, 1.54) is 6.92 Å². The molecule has 0 saturated heterocycles. The summed E-state index contributed by atoms with van der Waals surface area (Å²) >= 11 is 0. The number of amides is 1. The molecule has 0 radical (unpaired) electrons. The summed E-state index contributed by atoms with van der Waals surface area (Å²) in [5.74, 6) is 0.722. The van der Waals surface area contributed by atoms with Crippen molar-refractivity contribution in [1.29, 1.82) is 0 Å². The van der Waals surface area contributed by atoms with Gasteiger partial charge in [0, 0.05) is 51.4 Å². The fourth-order valence-corrected chi connectivity index (χ4v) is 2.95. The van der Waals surface area contributed by atoms with Crippen LogP contribution in [0.2, 0.25) is 0 Å². The lowest BCUT2D eigenvalue weighted by Crippen LogP contribution is -2.41. The van der Waals surface area contributed by atoms with Gasteiger partial charge in [-0.25, -0.2) is 0 Å². The van der Waals surface area contributed by atoms with Gasteiger partial charge in [0.2, 0.25) is 5.91 Å². The predicted octanol–water partition coefficient (Wildman–Crippen LogP) is 3.44. The molecule has 0 saturated carbocycles. The first-order valence-corrected chi connectivity index (χ1v) is 9.40. The maximum atomic E-state index is 11.2. The molecule has 154 valence electrons. The smallest absolute Gasteiger partial charge is 0.221 e. The highest BCUT2D eigenvalue weighted by atomic mass is 127. The van der Waals surface area contributed by atoms with Gasteiger partial charge in [0.25, 0.3) is 0 Å². The molecule has 0 aromatic heterocycles. The van der Waals surface area contributed by atoms with Crippen molar-refractivity contribution < 1.29 is 4.79 Å². The number of hydrogen-bond acceptors (Lipinski definition) is 3. The monoisotopic (exact) mass is 489 g/mol. The number of nitrogens with one attached hydrogen (secondary N) is 3. The van der Waals surface area contributed by atoms with E-state index in [0.29, 0.717) is 18.6 Å². The number of anilines is 1. The maximum Gasteiger partial charge on any atom is 0.221 e. The lowest BCUT2D eigenvalue weighted by Gasteiger charge is -2.30. The van der Waals surface area contributed by atoms with Crippen LogP contribution in [0.1, 0.15) is 46.6 Å². The second-order valence-electron chi connectivity index (χ2n) is 7.01. The van der Waals surface area contributed by atoms with Crippen molar-refractivity contribution in [1.82, 2.24) is 15.5 Å². The highest BCUT2D eigenvalue weighted by molar-refractivity contribution is 14.0. The third-order valence-electron chi connectivity index (χ3n) is 4.14. The second kappa shape index (κ2) is 13.8. The Morgan fingerprint density at radius 2 is 1.81 bits per heavy atom. The number of nitrogens with zero attached hydrogens (tertiary/aromatic N) is 2. The van der Waals surface area contributed by atoms with Gasteiger partial charge in [0.15, 0.2) is 5.96 Å². The molecule has 0 aliphatic rings. The number of hydrogen-bond donors (Lipinski definition) is 3. The summed E-state index contributed by atoms with van der Waals surface area (Å²) < 4.78 is 0. The Bertz CT molecular complexity index is 581. The molecule has 0 heterocycles. The summed E-state index contributed by atoms with van der Waals surface area (Å²) in [6.45, 7) is 13.1. The van der Waals surface area contributed by atoms with Crippen molar-refractivity contribution in [3.8, 4) is 0 Å². The number of aliphatic imine (C=N–C) groups is 1. The Morgan fingerprint density at radius 3 is 2.37 bits per heavy atom. The van der Waals surface area contributed by atoms with E-state index in [2.05, 4.69) is 53.5 Å². The number of guanidine groups is 1. The van der Waals surface area contributed by atoms with E-state index in [9.17, 15) is 4.79 Å². The molecule has 1 rings (SSSR count). The molecule has 3 N–H and O–H groups in total. The van der Waals surface area contributed by atoms with Gasteiger partial charge in [-0.1, -0.05) is 12.1 Å². The molecule has 0 aliphatic heterocycles. The van der Waals surface area contributed by atoms with Gasteiger partial charge in [-0.3, -0.25) is 14.7 Å². The van der Waals surface area contributed by atoms with Crippen LogP contribution in [-0.2, 0) is 11.3 Å². The molecule has 0 unspecified atom stereocenters. The van der Waals surface area contributed by atoms with Crippen LogP contribution in [0, 0.1) is 0 Å². The molecule has 7 heteroatoms. The molecule has 0 aliphatic carbocycles. The minimum atomic E-state index is -0.0653. The predicted molar refractivity (Wildman–Crippen MR) is 126 cm³/mol. The van der Waals surface area contributed by atoms with Crippen LogP contribution in [-0.4, -0.2) is 49.0 Å². The normalized spacial score (nSPS) is 11.5. The lowest BCUT2D eigenvalue weighted by atomic mass is 10.2. The fourth-order valence-electron chi connectivity index (χ4n) is 2.95. The summed E-state index contributed by atoms with van der Waals surface area (Å²) in [7, 11) is 1.78. The van der Waals surface area contributed by atoms with Crippen LogP contribution in [0.4, 0.5) is 5.69 Å². The van der Waals surface area contributed by atoms with Crippen LogP contribution in [0.5, 0.6) is 0 Å². The lowest BCUT2D eigenvalue weighted by molar-refractivity contribution is -0.114. The maximum absolute atomic E-state index is 11.2. The minimum absolute atomic E-state index is 0. The van der Waals surface area contributed by atoms with E-state index in [1.54, 1.807) is 7.05 Å². The molecular formula is C20H36IN5O. The Morgan fingerprint density at radius 1 is 1.15 bits per heavy atom. The Hall–Kier alpha value is -1.35. The molecule has 6 nitrogen and oxygen atoms in total. The molecule has 0 atom stereocenters. The SMILES string of the molecule is CN=C(NCCCN(C(C)C)C(C)C)NCc1cccc(NC(C)=O)c1.I. The zero-order valence-corrected chi connectivity index (χ0v) is 19.8.